The van der Waals surface area contributed by atoms with Crippen LogP contribution in [0.1, 0.15) is 15.9 Å². The molecule has 2 aromatic heterocycles. The van der Waals surface area contributed by atoms with Crippen LogP contribution in [0.4, 0.5) is 11.6 Å². The molecule has 7 heteroatoms. The van der Waals surface area contributed by atoms with Gasteiger partial charge in [-0.3, -0.25) is 4.79 Å². The standard InChI is InChI=1S/C19H20N6O/c1-13-4-2-5-14-16(13)22-12-23-18(14)24-8-10-25(11-9-24)19-15(17(20)26)6-3-7-21-19/h2-7,12H,8-11H2,1H3,(H2,20,26). The number of amides is 1. The van der Waals surface area contributed by atoms with Crippen LogP contribution in [-0.2, 0) is 0 Å². The van der Waals surface area contributed by atoms with Crippen molar-refractivity contribution in [2.24, 2.45) is 5.73 Å². The molecular formula is C19H20N6O. The fourth-order valence-corrected chi connectivity index (χ4v) is 3.44. The van der Waals surface area contributed by atoms with Crippen molar-refractivity contribution in [2.75, 3.05) is 36.0 Å². The summed E-state index contributed by atoms with van der Waals surface area (Å²) in [7, 11) is 0. The maximum Gasteiger partial charge on any atom is 0.252 e. The number of carbonyl (C=O) groups is 1. The van der Waals surface area contributed by atoms with E-state index < -0.39 is 5.91 Å². The molecule has 7 nitrogen and oxygen atoms in total. The molecule has 0 aliphatic carbocycles. The van der Waals surface area contributed by atoms with Crippen LogP contribution < -0.4 is 15.5 Å². The topological polar surface area (TPSA) is 88.2 Å². The lowest BCUT2D eigenvalue weighted by atomic mass is 10.1. The molecule has 1 aromatic carbocycles. The number of hydrogen-bond acceptors (Lipinski definition) is 6. The second-order valence-corrected chi connectivity index (χ2v) is 6.38. The first-order chi connectivity index (χ1) is 12.6. The average Bonchev–Trinajstić information content (AvgIpc) is 2.68. The van der Waals surface area contributed by atoms with Crippen molar-refractivity contribution in [3.8, 4) is 0 Å². The van der Waals surface area contributed by atoms with E-state index in [0.717, 1.165) is 48.5 Å². The Morgan fingerprint density at radius 2 is 1.69 bits per heavy atom. The number of nitrogens with zero attached hydrogens (tertiary/aromatic N) is 5. The molecule has 0 atom stereocenters. The van der Waals surface area contributed by atoms with Gasteiger partial charge in [-0.2, -0.15) is 0 Å². The van der Waals surface area contributed by atoms with E-state index in [1.54, 1.807) is 24.7 Å². The van der Waals surface area contributed by atoms with E-state index >= 15 is 0 Å². The third-order valence-electron chi connectivity index (χ3n) is 4.78. The Morgan fingerprint density at radius 1 is 0.962 bits per heavy atom. The molecule has 0 spiro atoms. The molecule has 1 saturated heterocycles. The van der Waals surface area contributed by atoms with Crippen molar-refractivity contribution >= 4 is 28.4 Å². The minimum atomic E-state index is -0.451. The number of hydrogen-bond donors (Lipinski definition) is 1. The van der Waals surface area contributed by atoms with Gasteiger partial charge in [-0.05, 0) is 30.7 Å². The van der Waals surface area contributed by atoms with E-state index in [1.807, 2.05) is 6.07 Å². The lowest BCUT2D eigenvalue weighted by Crippen LogP contribution is -2.47. The second-order valence-electron chi connectivity index (χ2n) is 6.38. The van der Waals surface area contributed by atoms with E-state index in [2.05, 4.69) is 43.8 Å². The van der Waals surface area contributed by atoms with Crippen molar-refractivity contribution in [1.29, 1.82) is 0 Å². The van der Waals surface area contributed by atoms with Crippen molar-refractivity contribution in [1.82, 2.24) is 15.0 Å². The number of fused-ring (bicyclic) bond motifs is 1. The molecule has 1 aliphatic heterocycles. The highest BCUT2D eigenvalue weighted by Gasteiger charge is 2.23. The lowest BCUT2D eigenvalue weighted by Gasteiger charge is -2.36. The largest absolute Gasteiger partial charge is 0.365 e. The Labute approximate surface area is 151 Å². The monoisotopic (exact) mass is 348 g/mol. The molecule has 1 amide bonds. The number of primary amides is 1. The summed E-state index contributed by atoms with van der Waals surface area (Å²) in [6.45, 7) is 5.12. The van der Waals surface area contributed by atoms with Gasteiger partial charge in [0.25, 0.3) is 5.91 Å². The minimum absolute atomic E-state index is 0.451. The molecule has 0 unspecified atom stereocenters. The first kappa shape index (κ1) is 16.3. The van der Waals surface area contributed by atoms with Gasteiger partial charge in [0.2, 0.25) is 0 Å². The van der Waals surface area contributed by atoms with Crippen molar-refractivity contribution in [3.63, 3.8) is 0 Å². The summed E-state index contributed by atoms with van der Waals surface area (Å²) >= 11 is 0. The van der Waals surface area contributed by atoms with Gasteiger partial charge in [0.1, 0.15) is 18.0 Å². The van der Waals surface area contributed by atoms with E-state index in [9.17, 15) is 4.79 Å². The fourth-order valence-electron chi connectivity index (χ4n) is 3.44. The summed E-state index contributed by atoms with van der Waals surface area (Å²) in [5.41, 5.74) is 8.07. The van der Waals surface area contributed by atoms with Crippen LogP contribution in [0.5, 0.6) is 0 Å². The number of para-hydroxylation sites is 1. The van der Waals surface area contributed by atoms with Gasteiger partial charge in [0.05, 0.1) is 11.1 Å². The molecule has 3 aromatic rings. The van der Waals surface area contributed by atoms with Crippen LogP contribution in [0, 0.1) is 6.92 Å². The molecule has 0 bridgehead atoms. The number of aromatic nitrogens is 3. The highest BCUT2D eigenvalue weighted by Crippen LogP contribution is 2.27. The predicted molar refractivity (Wildman–Crippen MR) is 101 cm³/mol. The zero-order valence-electron chi connectivity index (χ0n) is 14.6. The van der Waals surface area contributed by atoms with Crippen molar-refractivity contribution in [2.45, 2.75) is 6.92 Å². The van der Waals surface area contributed by atoms with Crippen LogP contribution >= 0.6 is 0 Å². The summed E-state index contributed by atoms with van der Waals surface area (Å²) in [5, 5.41) is 1.07. The Morgan fingerprint density at radius 3 is 2.42 bits per heavy atom. The number of benzene rings is 1. The van der Waals surface area contributed by atoms with Gasteiger partial charge >= 0.3 is 0 Å². The third-order valence-corrected chi connectivity index (χ3v) is 4.78. The fraction of sp³-hybridized carbons (Fsp3) is 0.263. The summed E-state index contributed by atoms with van der Waals surface area (Å²) in [6, 6.07) is 9.61. The Balaban J connectivity index is 1.59. The Hall–Kier alpha value is -3.22. The molecule has 1 aliphatic rings. The Bertz CT molecular complexity index is 965. The second kappa shape index (κ2) is 6.59. The van der Waals surface area contributed by atoms with Gasteiger partial charge in [-0.25, -0.2) is 15.0 Å². The molecule has 0 saturated carbocycles. The summed E-state index contributed by atoms with van der Waals surface area (Å²) < 4.78 is 0. The molecule has 3 heterocycles. The third kappa shape index (κ3) is 2.81. The smallest absolute Gasteiger partial charge is 0.252 e. The van der Waals surface area contributed by atoms with Gasteiger partial charge in [-0.15, -0.1) is 0 Å². The number of carbonyl (C=O) groups excluding carboxylic acids is 1. The molecule has 26 heavy (non-hydrogen) atoms. The number of nitrogens with two attached hydrogens (primary N) is 1. The zero-order valence-corrected chi connectivity index (χ0v) is 14.6. The van der Waals surface area contributed by atoms with Gasteiger partial charge in [-0.1, -0.05) is 12.1 Å². The van der Waals surface area contributed by atoms with Crippen LogP contribution in [-0.4, -0.2) is 47.0 Å². The number of pyridine rings is 1. The first-order valence-electron chi connectivity index (χ1n) is 8.60. The number of aryl methyl sites for hydroxylation is 1. The maximum absolute atomic E-state index is 11.7. The predicted octanol–water partition coefficient (Wildman–Crippen LogP) is 1.76. The van der Waals surface area contributed by atoms with E-state index in [4.69, 9.17) is 5.73 Å². The van der Waals surface area contributed by atoms with Gasteiger partial charge in [0, 0.05) is 37.8 Å². The van der Waals surface area contributed by atoms with Crippen molar-refractivity contribution in [3.05, 3.63) is 54.0 Å². The SMILES string of the molecule is Cc1cccc2c(N3CCN(c4ncccc4C(N)=O)CC3)ncnc12. The van der Waals surface area contributed by atoms with Crippen LogP contribution in [0.25, 0.3) is 10.9 Å². The van der Waals surface area contributed by atoms with E-state index in [0.29, 0.717) is 11.4 Å². The number of anilines is 2. The molecular weight excluding hydrogens is 328 g/mol. The zero-order chi connectivity index (χ0) is 18.1. The maximum atomic E-state index is 11.7. The van der Waals surface area contributed by atoms with Crippen molar-refractivity contribution < 1.29 is 4.79 Å². The summed E-state index contributed by atoms with van der Waals surface area (Å²) in [6.07, 6.45) is 3.32. The van der Waals surface area contributed by atoms with Gasteiger partial charge in [0.15, 0.2) is 0 Å². The number of piperazine rings is 1. The number of rotatable bonds is 3. The van der Waals surface area contributed by atoms with Crippen LogP contribution in [0.15, 0.2) is 42.9 Å². The van der Waals surface area contributed by atoms with E-state index in [1.165, 1.54) is 0 Å². The molecule has 1 fully saturated rings. The highest BCUT2D eigenvalue weighted by atomic mass is 16.1. The lowest BCUT2D eigenvalue weighted by molar-refractivity contribution is 0.100. The molecule has 132 valence electrons. The van der Waals surface area contributed by atoms with Crippen LogP contribution in [0.3, 0.4) is 0 Å². The molecule has 2 N–H and O–H groups in total. The summed E-state index contributed by atoms with van der Waals surface area (Å²) in [5.74, 6) is 1.16. The summed E-state index contributed by atoms with van der Waals surface area (Å²) in [4.78, 5) is 29.3. The van der Waals surface area contributed by atoms with Crippen LogP contribution in [0.2, 0.25) is 0 Å². The average molecular weight is 348 g/mol. The minimum Gasteiger partial charge on any atom is -0.365 e. The van der Waals surface area contributed by atoms with E-state index in [-0.39, 0.29) is 0 Å². The van der Waals surface area contributed by atoms with Gasteiger partial charge < -0.3 is 15.5 Å². The first-order valence-corrected chi connectivity index (χ1v) is 8.60. The quantitative estimate of drug-likeness (QED) is 0.776. The normalized spacial score (nSPS) is 14.7. The molecule has 0 radical (unpaired) electrons. The highest BCUT2D eigenvalue weighted by molar-refractivity contribution is 5.97. The molecule has 4 rings (SSSR count). The Kier molecular flexibility index (Phi) is 4.12.